The first-order valence-corrected chi connectivity index (χ1v) is 6.02. The van der Waals surface area contributed by atoms with Crippen LogP contribution in [-0.4, -0.2) is 0 Å². The van der Waals surface area contributed by atoms with Gasteiger partial charge in [0, 0.05) is 10.6 Å². The molecule has 0 amide bonds. The van der Waals surface area contributed by atoms with E-state index < -0.39 is 23.5 Å². The molecule has 0 aliphatic carbocycles. The van der Waals surface area contributed by atoms with E-state index in [1.807, 2.05) is 0 Å². The van der Waals surface area contributed by atoms with E-state index in [4.69, 9.17) is 11.6 Å². The molecule has 1 atom stereocenters. The number of hydrogen-bond donors (Lipinski definition) is 1. The maximum Gasteiger partial charge on any atom is 0.164 e. The summed E-state index contributed by atoms with van der Waals surface area (Å²) in [5.74, 6) is -2.38. The first-order valence-electron chi connectivity index (χ1n) is 5.64. The molecule has 0 heterocycles. The lowest BCUT2D eigenvalue weighted by Crippen LogP contribution is -2.10. The van der Waals surface area contributed by atoms with Crippen LogP contribution in [0.3, 0.4) is 0 Å². The minimum atomic E-state index is -0.940. The molecule has 0 radical (unpaired) electrons. The SMILES string of the molecule is CC(Nc1cc(Cl)ccc1F)c1cccc(F)c1F. The highest BCUT2D eigenvalue weighted by atomic mass is 35.5. The molecule has 5 heteroatoms. The van der Waals surface area contributed by atoms with Gasteiger partial charge in [0.05, 0.1) is 11.7 Å². The average Bonchev–Trinajstić information content (AvgIpc) is 2.37. The van der Waals surface area contributed by atoms with Gasteiger partial charge >= 0.3 is 0 Å². The normalized spacial score (nSPS) is 12.3. The lowest BCUT2D eigenvalue weighted by Gasteiger charge is -2.17. The Bertz CT molecular complexity index is 601. The van der Waals surface area contributed by atoms with Gasteiger partial charge in [-0.2, -0.15) is 0 Å². The van der Waals surface area contributed by atoms with Crippen molar-refractivity contribution >= 4 is 17.3 Å². The molecule has 0 saturated heterocycles. The zero-order valence-corrected chi connectivity index (χ0v) is 10.8. The summed E-state index contributed by atoms with van der Waals surface area (Å²) in [5, 5.41) is 3.13. The van der Waals surface area contributed by atoms with Gasteiger partial charge in [-0.1, -0.05) is 23.7 Å². The molecule has 2 aromatic rings. The number of benzene rings is 2. The van der Waals surface area contributed by atoms with Crippen LogP contribution < -0.4 is 5.32 Å². The van der Waals surface area contributed by atoms with Gasteiger partial charge in [0.15, 0.2) is 11.6 Å². The fraction of sp³-hybridized carbons (Fsp3) is 0.143. The topological polar surface area (TPSA) is 12.0 Å². The van der Waals surface area contributed by atoms with Crippen LogP contribution in [0.25, 0.3) is 0 Å². The molecule has 1 unspecified atom stereocenters. The second-order valence-corrected chi connectivity index (χ2v) is 4.57. The molecule has 19 heavy (non-hydrogen) atoms. The van der Waals surface area contributed by atoms with Gasteiger partial charge in [-0.3, -0.25) is 0 Å². The third-order valence-corrected chi connectivity index (χ3v) is 2.98. The summed E-state index contributed by atoms with van der Waals surface area (Å²) in [6.45, 7) is 1.61. The zero-order chi connectivity index (χ0) is 14.0. The Kier molecular flexibility index (Phi) is 4.00. The molecule has 100 valence electrons. The Morgan fingerprint density at radius 3 is 2.53 bits per heavy atom. The van der Waals surface area contributed by atoms with E-state index in [0.29, 0.717) is 5.02 Å². The summed E-state index contributed by atoms with van der Waals surface area (Å²) >= 11 is 5.76. The van der Waals surface area contributed by atoms with Crippen molar-refractivity contribution in [3.05, 3.63) is 64.4 Å². The Labute approximate surface area is 114 Å². The third kappa shape index (κ3) is 3.01. The quantitative estimate of drug-likeness (QED) is 0.843. The maximum atomic E-state index is 13.6. The summed E-state index contributed by atoms with van der Waals surface area (Å²) in [7, 11) is 0. The summed E-state index contributed by atoms with van der Waals surface area (Å²) in [4.78, 5) is 0. The molecule has 2 aromatic carbocycles. The van der Waals surface area contributed by atoms with Crippen LogP contribution in [0.15, 0.2) is 36.4 Å². The van der Waals surface area contributed by atoms with Gasteiger partial charge in [0.25, 0.3) is 0 Å². The number of anilines is 1. The lowest BCUT2D eigenvalue weighted by molar-refractivity contribution is 0.494. The first kappa shape index (κ1) is 13.7. The van der Waals surface area contributed by atoms with E-state index in [9.17, 15) is 13.2 Å². The molecule has 1 N–H and O–H groups in total. The summed E-state index contributed by atoms with van der Waals surface area (Å²) in [6.07, 6.45) is 0. The van der Waals surface area contributed by atoms with Crippen LogP contribution in [-0.2, 0) is 0 Å². The highest BCUT2D eigenvalue weighted by Gasteiger charge is 2.15. The summed E-state index contributed by atoms with van der Waals surface area (Å²) < 4.78 is 40.3. The van der Waals surface area contributed by atoms with Crippen LogP contribution in [0.4, 0.5) is 18.9 Å². The minimum absolute atomic E-state index is 0.124. The van der Waals surface area contributed by atoms with Gasteiger partial charge < -0.3 is 5.32 Å². The molecule has 0 bridgehead atoms. The zero-order valence-electron chi connectivity index (χ0n) is 10.1. The van der Waals surface area contributed by atoms with Crippen molar-refractivity contribution in [2.75, 3.05) is 5.32 Å². The Hall–Kier alpha value is -1.68. The highest BCUT2D eigenvalue weighted by molar-refractivity contribution is 6.30. The van der Waals surface area contributed by atoms with Crippen molar-refractivity contribution in [3.8, 4) is 0 Å². The van der Waals surface area contributed by atoms with E-state index in [-0.39, 0.29) is 11.3 Å². The van der Waals surface area contributed by atoms with Crippen LogP contribution in [0.2, 0.25) is 5.02 Å². The maximum absolute atomic E-state index is 13.6. The van der Waals surface area contributed by atoms with E-state index in [1.165, 1.54) is 30.3 Å². The third-order valence-electron chi connectivity index (χ3n) is 2.75. The van der Waals surface area contributed by atoms with Crippen molar-refractivity contribution in [2.45, 2.75) is 13.0 Å². The van der Waals surface area contributed by atoms with Crippen molar-refractivity contribution in [1.82, 2.24) is 0 Å². The molecule has 1 nitrogen and oxygen atoms in total. The molecule has 2 rings (SSSR count). The first-order chi connectivity index (χ1) is 8.99. The molecule has 0 saturated carbocycles. The van der Waals surface area contributed by atoms with Crippen LogP contribution in [0.5, 0.6) is 0 Å². The predicted octanol–water partition coefficient (Wildman–Crippen LogP) is 4.93. The molecule has 0 aliphatic heterocycles. The fourth-order valence-corrected chi connectivity index (χ4v) is 1.95. The van der Waals surface area contributed by atoms with Crippen molar-refractivity contribution in [2.24, 2.45) is 0 Å². The van der Waals surface area contributed by atoms with Crippen LogP contribution >= 0.6 is 11.6 Å². The molecular formula is C14H11ClF3N. The smallest absolute Gasteiger partial charge is 0.164 e. The van der Waals surface area contributed by atoms with E-state index in [0.717, 1.165) is 6.07 Å². The number of halogens is 4. The molecule has 0 fully saturated rings. The van der Waals surface area contributed by atoms with Crippen molar-refractivity contribution < 1.29 is 13.2 Å². The van der Waals surface area contributed by atoms with Gasteiger partial charge in [0.2, 0.25) is 0 Å². The van der Waals surface area contributed by atoms with Gasteiger partial charge in [-0.05, 0) is 31.2 Å². The number of rotatable bonds is 3. The van der Waals surface area contributed by atoms with Crippen molar-refractivity contribution in [1.29, 1.82) is 0 Å². The van der Waals surface area contributed by atoms with Crippen LogP contribution in [0.1, 0.15) is 18.5 Å². The number of hydrogen-bond acceptors (Lipinski definition) is 1. The van der Waals surface area contributed by atoms with E-state index >= 15 is 0 Å². The largest absolute Gasteiger partial charge is 0.376 e. The predicted molar refractivity (Wildman–Crippen MR) is 69.8 cm³/mol. The summed E-state index contributed by atoms with van der Waals surface area (Å²) in [5.41, 5.74) is 0.267. The standard InChI is InChI=1S/C14H11ClF3N/c1-8(10-3-2-4-12(17)14(10)18)19-13-7-9(15)5-6-11(13)16/h2-8,19H,1H3. The van der Waals surface area contributed by atoms with E-state index in [2.05, 4.69) is 5.32 Å². The Balaban J connectivity index is 2.28. The van der Waals surface area contributed by atoms with Gasteiger partial charge in [-0.25, -0.2) is 13.2 Å². The Morgan fingerprint density at radius 1 is 1.05 bits per heavy atom. The molecule has 0 aliphatic rings. The molecular weight excluding hydrogens is 275 g/mol. The van der Waals surface area contributed by atoms with Crippen molar-refractivity contribution in [3.63, 3.8) is 0 Å². The molecule has 0 spiro atoms. The van der Waals surface area contributed by atoms with Gasteiger partial charge in [0.1, 0.15) is 5.82 Å². The minimum Gasteiger partial charge on any atom is -0.376 e. The van der Waals surface area contributed by atoms with E-state index in [1.54, 1.807) is 6.92 Å². The van der Waals surface area contributed by atoms with Crippen LogP contribution in [0, 0.1) is 17.5 Å². The van der Waals surface area contributed by atoms with Gasteiger partial charge in [-0.15, -0.1) is 0 Å². The number of nitrogens with one attached hydrogen (secondary N) is 1. The monoisotopic (exact) mass is 285 g/mol. The summed E-state index contributed by atoms with van der Waals surface area (Å²) in [6, 6.07) is 7.30. The lowest BCUT2D eigenvalue weighted by atomic mass is 10.1. The Morgan fingerprint density at radius 2 is 1.79 bits per heavy atom. The second-order valence-electron chi connectivity index (χ2n) is 4.13. The highest BCUT2D eigenvalue weighted by Crippen LogP contribution is 2.26. The fourth-order valence-electron chi connectivity index (χ4n) is 1.77. The average molecular weight is 286 g/mol. The second kappa shape index (κ2) is 5.53. The molecule has 0 aromatic heterocycles.